The van der Waals surface area contributed by atoms with E-state index in [-0.39, 0.29) is 0 Å². The van der Waals surface area contributed by atoms with Gasteiger partial charge in [0.1, 0.15) is 6.07 Å². The first kappa shape index (κ1) is 10.6. The Hall–Kier alpha value is -1.49. The van der Waals surface area contributed by atoms with Crippen molar-refractivity contribution in [3.05, 3.63) is 29.3 Å². The summed E-state index contributed by atoms with van der Waals surface area (Å²) in [6.07, 6.45) is 1.09. The summed E-state index contributed by atoms with van der Waals surface area (Å²) >= 11 is 0. The molecule has 0 aliphatic carbocycles. The smallest absolute Gasteiger partial charge is 0.101 e. The molecular weight excluding hydrogens is 172 g/mol. The van der Waals surface area contributed by atoms with Crippen molar-refractivity contribution in [3.8, 4) is 6.07 Å². The van der Waals surface area contributed by atoms with Gasteiger partial charge >= 0.3 is 0 Å². The third-order valence-corrected chi connectivity index (χ3v) is 2.24. The summed E-state index contributed by atoms with van der Waals surface area (Å²) in [5.41, 5.74) is 2.99. The van der Waals surface area contributed by atoms with Crippen molar-refractivity contribution < 1.29 is 0 Å². The molecule has 0 atom stereocenters. The van der Waals surface area contributed by atoms with E-state index >= 15 is 0 Å². The number of nitriles is 1. The largest absolute Gasteiger partial charge is 0.374 e. The Morgan fingerprint density at radius 1 is 1.43 bits per heavy atom. The maximum absolute atomic E-state index is 8.95. The molecule has 0 aliphatic rings. The zero-order chi connectivity index (χ0) is 10.6. The molecule has 0 saturated carbocycles. The maximum atomic E-state index is 8.95. The van der Waals surface area contributed by atoms with E-state index in [0.29, 0.717) is 0 Å². The van der Waals surface area contributed by atoms with Crippen molar-refractivity contribution in [3.63, 3.8) is 0 Å². The number of aryl methyl sites for hydroxylation is 1. The van der Waals surface area contributed by atoms with Crippen LogP contribution in [0.15, 0.2) is 18.2 Å². The Labute approximate surface area is 85.8 Å². The Bertz CT molecular complexity index is 350. The quantitative estimate of drug-likeness (QED) is 0.729. The molecule has 0 saturated heterocycles. The fourth-order valence-corrected chi connectivity index (χ4v) is 1.51. The van der Waals surface area contributed by atoms with E-state index in [1.807, 2.05) is 26.1 Å². The van der Waals surface area contributed by atoms with E-state index < -0.39 is 0 Å². The van der Waals surface area contributed by atoms with Crippen molar-refractivity contribution in [2.75, 3.05) is 18.5 Å². The first-order valence-corrected chi connectivity index (χ1v) is 4.91. The van der Waals surface area contributed by atoms with Gasteiger partial charge in [0, 0.05) is 13.6 Å². The van der Waals surface area contributed by atoms with Crippen LogP contribution in [0.3, 0.4) is 0 Å². The van der Waals surface area contributed by atoms with Gasteiger partial charge in [0.15, 0.2) is 0 Å². The van der Waals surface area contributed by atoms with E-state index in [1.54, 1.807) is 0 Å². The minimum Gasteiger partial charge on any atom is -0.374 e. The number of hydrogen-bond donors (Lipinski definition) is 0. The van der Waals surface area contributed by atoms with Gasteiger partial charge in [0.2, 0.25) is 0 Å². The molecule has 0 unspecified atom stereocenters. The van der Waals surface area contributed by atoms with Crippen LogP contribution in [-0.4, -0.2) is 13.6 Å². The summed E-state index contributed by atoms with van der Waals surface area (Å²) in [6.45, 7) is 5.17. The van der Waals surface area contributed by atoms with Crippen LogP contribution < -0.4 is 4.90 Å². The Balaban J connectivity index is 3.05. The molecule has 0 heterocycles. The zero-order valence-electron chi connectivity index (χ0n) is 9.04. The van der Waals surface area contributed by atoms with Crippen LogP contribution in [0.25, 0.3) is 0 Å². The molecule has 2 heteroatoms. The minimum absolute atomic E-state index is 0.756. The molecule has 1 aromatic rings. The van der Waals surface area contributed by atoms with Crippen LogP contribution in [-0.2, 0) is 0 Å². The lowest BCUT2D eigenvalue weighted by Gasteiger charge is -2.20. The van der Waals surface area contributed by atoms with Gasteiger partial charge in [-0.15, -0.1) is 0 Å². The van der Waals surface area contributed by atoms with Gasteiger partial charge in [-0.25, -0.2) is 0 Å². The van der Waals surface area contributed by atoms with E-state index in [1.165, 1.54) is 5.56 Å². The van der Waals surface area contributed by atoms with Gasteiger partial charge < -0.3 is 4.90 Å². The fraction of sp³-hybridized carbons (Fsp3) is 0.417. The van der Waals surface area contributed by atoms with Gasteiger partial charge in [0.25, 0.3) is 0 Å². The normalized spacial score (nSPS) is 9.57. The second kappa shape index (κ2) is 4.66. The van der Waals surface area contributed by atoms with Crippen molar-refractivity contribution in [1.29, 1.82) is 5.26 Å². The van der Waals surface area contributed by atoms with Crippen LogP contribution in [0.5, 0.6) is 0 Å². The second-order valence-electron chi connectivity index (χ2n) is 3.55. The maximum Gasteiger partial charge on any atom is 0.101 e. The SMILES string of the molecule is CCCN(C)c1cc(C)ccc1C#N. The van der Waals surface area contributed by atoms with E-state index in [4.69, 9.17) is 5.26 Å². The zero-order valence-corrected chi connectivity index (χ0v) is 9.04. The highest BCUT2D eigenvalue weighted by Gasteiger charge is 2.05. The molecule has 0 aliphatic heterocycles. The van der Waals surface area contributed by atoms with Crippen LogP contribution in [0, 0.1) is 18.3 Å². The van der Waals surface area contributed by atoms with Gasteiger partial charge in [-0.2, -0.15) is 5.26 Å². The molecule has 0 fully saturated rings. The number of anilines is 1. The van der Waals surface area contributed by atoms with Crippen LogP contribution in [0.4, 0.5) is 5.69 Å². The van der Waals surface area contributed by atoms with Crippen molar-refractivity contribution in [2.45, 2.75) is 20.3 Å². The molecule has 1 aromatic carbocycles. The summed E-state index contributed by atoms with van der Waals surface area (Å²) in [6, 6.07) is 8.14. The first-order chi connectivity index (χ1) is 6.69. The van der Waals surface area contributed by atoms with Gasteiger partial charge in [-0.1, -0.05) is 13.0 Å². The highest BCUT2D eigenvalue weighted by molar-refractivity contribution is 5.60. The van der Waals surface area contributed by atoms with Crippen molar-refractivity contribution in [2.24, 2.45) is 0 Å². The molecule has 0 aromatic heterocycles. The van der Waals surface area contributed by atoms with Crippen LogP contribution in [0.1, 0.15) is 24.5 Å². The summed E-state index contributed by atoms with van der Waals surface area (Å²) < 4.78 is 0. The second-order valence-corrected chi connectivity index (χ2v) is 3.55. The summed E-state index contributed by atoms with van der Waals surface area (Å²) in [4.78, 5) is 2.13. The number of benzene rings is 1. The standard InChI is InChI=1S/C12H16N2/c1-4-7-14(3)12-8-10(2)5-6-11(12)9-13/h5-6,8H,4,7H2,1-3H3. The molecule has 0 spiro atoms. The highest BCUT2D eigenvalue weighted by Crippen LogP contribution is 2.20. The topological polar surface area (TPSA) is 27.0 Å². The van der Waals surface area contributed by atoms with Gasteiger partial charge in [-0.3, -0.25) is 0 Å². The molecule has 0 N–H and O–H groups in total. The minimum atomic E-state index is 0.756. The summed E-state index contributed by atoms with van der Waals surface area (Å²) in [7, 11) is 2.03. The van der Waals surface area contributed by atoms with E-state index in [0.717, 1.165) is 24.2 Å². The van der Waals surface area contributed by atoms with Crippen molar-refractivity contribution in [1.82, 2.24) is 0 Å². The fourth-order valence-electron chi connectivity index (χ4n) is 1.51. The molecule has 0 amide bonds. The number of nitrogens with zero attached hydrogens (tertiary/aromatic N) is 2. The van der Waals surface area contributed by atoms with Crippen molar-refractivity contribution >= 4 is 5.69 Å². The van der Waals surface area contributed by atoms with Gasteiger partial charge in [0.05, 0.1) is 11.3 Å². The molecular formula is C12H16N2. The Morgan fingerprint density at radius 3 is 2.71 bits per heavy atom. The predicted octanol–water partition coefficient (Wildman–Crippen LogP) is 2.71. The predicted molar refractivity (Wildman–Crippen MR) is 59.5 cm³/mol. The lowest BCUT2D eigenvalue weighted by Crippen LogP contribution is -2.18. The lowest BCUT2D eigenvalue weighted by molar-refractivity contribution is 0.850. The Kier molecular flexibility index (Phi) is 3.53. The van der Waals surface area contributed by atoms with E-state index in [2.05, 4.69) is 24.0 Å². The lowest BCUT2D eigenvalue weighted by atomic mass is 10.1. The third-order valence-electron chi connectivity index (χ3n) is 2.24. The summed E-state index contributed by atoms with van der Waals surface area (Å²) in [5.74, 6) is 0. The molecule has 0 bridgehead atoms. The number of rotatable bonds is 3. The van der Waals surface area contributed by atoms with E-state index in [9.17, 15) is 0 Å². The molecule has 14 heavy (non-hydrogen) atoms. The average molecular weight is 188 g/mol. The Morgan fingerprint density at radius 2 is 2.14 bits per heavy atom. The first-order valence-electron chi connectivity index (χ1n) is 4.91. The van der Waals surface area contributed by atoms with Gasteiger partial charge in [-0.05, 0) is 31.0 Å². The van der Waals surface area contributed by atoms with Crippen LogP contribution >= 0.6 is 0 Å². The number of hydrogen-bond acceptors (Lipinski definition) is 2. The summed E-state index contributed by atoms with van der Waals surface area (Å²) in [5, 5.41) is 8.95. The average Bonchev–Trinajstić information content (AvgIpc) is 2.18. The van der Waals surface area contributed by atoms with Crippen LogP contribution in [0.2, 0.25) is 0 Å². The molecule has 1 rings (SSSR count). The molecule has 74 valence electrons. The highest BCUT2D eigenvalue weighted by atomic mass is 15.1. The third kappa shape index (κ3) is 2.26. The molecule has 2 nitrogen and oxygen atoms in total. The monoisotopic (exact) mass is 188 g/mol. The molecule has 0 radical (unpaired) electrons.